The number of hydrogen-bond donors (Lipinski definition) is 0. The molecule has 0 bridgehead atoms. The summed E-state index contributed by atoms with van der Waals surface area (Å²) in [5, 5.41) is 0. The minimum atomic E-state index is -0.0749. The van der Waals surface area contributed by atoms with Gasteiger partial charge in [0.15, 0.2) is 5.78 Å². The van der Waals surface area contributed by atoms with Gasteiger partial charge in [-0.05, 0) is 37.8 Å². The topological polar surface area (TPSA) is 42.9 Å². The molecule has 0 N–H and O–H groups in total. The molecule has 0 saturated heterocycles. The van der Waals surface area contributed by atoms with Crippen molar-refractivity contribution < 1.29 is 4.79 Å². The van der Waals surface area contributed by atoms with Crippen molar-refractivity contribution in [1.29, 1.82) is 0 Å². The molecule has 92 valence electrons. The van der Waals surface area contributed by atoms with Crippen LogP contribution < -0.4 is 0 Å². The van der Waals surface area contributed by atoms with E-state index in [-0.39, 0.29) is 11.7 Å². The van der Waals surface area contributed by atoms with Crippen LogP contribution in [0, 0.1) is 6.92 Å². The molecule has 1 aliphatic rings. The molecule has 1 atom stereocenters. The Kier molecular flexibility index (Phi) is 2.96. The third-order valence-electron chi connectivity index (χ3n) is 3.48. The molecule has 0 radical (unpaired) electrons. The number of rotatable bonds is 2. The lowest BCUT2D eigenvalue weighted by Gasteiger charge is -2.22. The van der Waals surface area contributed by atoms with Crippen LogP contribution in [0.5, 0.6) is 0 Å². The molecule has 0 spiro atoms. The van der Waals surface area contributed by atoms with Crippen molar-refractivity contribution in [2.75, 3.05) is 0 Å². The number of pyridine rings is 1. The zero-order valence-electron chi connectivity index (χ0n) is 10.2. The second-order valence-corrected chi connectivity index (χ2v) is 5.48. The molecule has 0 fully saturated rings. The molecule has 2 aromatic rings. The van der Waals surface area contributed by atoms with Crippen molar-refractivity contribution in [2.24, 2.45) is 0 Å². The van der Waals surface area contributed by atoms with Gasteiger partial charge in [0.05, 0.1) is 27.7 Å². The summed E-state index contributed by atoms with van der Waals surface area (Å²) >= 11 is 1.44. The van der Waals surface area contributed by atoms with Crippen LogP contribution in [0.15, 0.2) is 23.8 Å². The minimum absolute atomic E-state index is 0.0749. The average molecular weight is 258 g/mol. The number of hydrogen-bond acceptors (Lipinski definition) is 4. The van der Waals surface area contributed by atoms with Gasteiger partial charge in [-0.3, -0.25) is 9.78 Å². The highest BCUT2D eigenvalue weighted by atomic mass is 32.1. The van der Waals surface area contributed by atoms with Gasteiger partial charge in [-0.15, -0.1) is 11.3 Å². The van der Waals surface area contributed by atoms with Crippen LogP contribution in [0.3, 0.4) is 0 Å². The number of ketones is 1. The number of aryl methyl sites for hydroxylation is 2. The van der Waals surface area contributed by atoms with E-state index in [1.165, 1.54) is 16.9 Å². The van der Waals surface area contributed by atoms with E-state index in [1.54, 1.807) is 11.7 Å². The van der Waals surface area contributed by atoms with Gasteiger partial charge in [0.2, 0.25) is 0 Å². The Morgan fingerprint density at radius 3 is 3.11 bits per heavy atom. The summed E-state index contributed by atoms with van der Waals surface area (Å²) in [6, 6.07) is 4.03. The van der Waals surface area contributed by atoms with Crippen molar-refractivity contribution in [3.63, 3.8) is 0 Å². The first-order valence-corrected chi connectivity index (χ1v) is 7.03. The predicted octanol–water partition coefficient (Wildman–Crippen LogP) is 3.15. The summed E-state index contributed by atoms with van der Waals surface area (Å²) in [5.41, 5.74) is 4.78. The number of fused-ring (bicyclic) bond motifs is 1. The van der Waals surface area contributed by atoms with Gasteiger partial charge < -0.3 is 0 Å². The highest BCUT2D eigenvalue weighted by Gasteiger charge is 2.29. The Morgan fingerprint density at radius 1 is 1.44 bits per heavy atom. The molecule has 3 nitrogen and oxygen atoms in total. The molecular formula is C14H14N2OS. The molecular weight excluding hydrogens is 244 g/mol. The smallest absolute Gasteiger partial charge is 0.183 e. The van der Waals surface area contributed by atoms with Crippen LogP contribution in [0.1, 0.15) is 45.4 Å². The molecule has 0 aromatic carbocycles. The summed E-state index contributed by atoms with van der Waals surface area (Å²) in [6.07, 6.45) is 4.78. The Bertz CT molecular complexity index is 591. The van der Waals surface area contributed by atoms with Crippen molar-refractivity contribution in [1.82, 2.24) is 9.97 Å². The van der Waals surface area contributed by atoms with Gasteiger partial charge in [0, 0.05) is 6.20 Å². The number of nitrogens with zero attached hydrogens (tertiary/aromatic N) is 2. The third kappa shape index (κ3) is 1.86. The number of carbonyl (C=O) groups is 1. The SMILES string of the molecule is Cc1ncsc1C(=O)C1CCCc2cccnc21. The fraction of sp³-hybridized carbons (Fsp3) is 0.357. The lowest BCUT2D eigenvalue weighted by atomic mass is 9.83. The Hall–Kier alpha value is -1.55. The Morgan fingerprint density at radius 2 is 2.33 bits per heavy atom. The van der Waals surface area contributed by atoms with Gasteiger partial charge >= 0.3 is 0 Å². The van der Waals surface area contributed by atoms with E-state index in [0.29, 0.717) is 0 Å². The molecule has 3 rings (SSSR count). The molecule has 0 amide bonds. The highest BCUT2D eigenvalue weighted by molar-refractivity contribution is 7.12. The number of thiazole rings is 1. The van der Waals surface area contributed by atoms with E-state index >= 15 is 0 Å². The zero-order chi connectivity index (χ0) is 12.5. The molecule has 2 heterocycles. The van der Waals surface area contributed by atoms with Crippen LogP contribution in [0.2, 0.25) is 0 Å². The van der Waals surface area contributed by atoms with Crippen LogP contribution in [0.4, 0.5) is 0 Å². The van der Waals surface area contributed by atoms with Crippen LogP contribution in [-0.4, -0.2) is 15.8 Å². The minimum Gasteiger partial charge on any atom is -0.292 e. The fourth-order valence-corrected chi connectivity index (χ4v) is 3.36. The first-order valence-electron chi connectivity index (χ1n) is 6.15. The summed E-state index contributed by atoms with van der Waals surface area (Å²) in [5.74, 6) is 0.115. The molecule has 18 heavy (non-hydrogen) atoms. The summed E-state index contributed by atoms with van der Waals surface area (Å²) < 4.78 is 0. The largest absolute Gasteiger partial charge is 0.292 e. The van der Waals surface area contributed by atoms with E-state index in [0.717, 1.165) is 35.5 Å². The van der Waals surface area contributed by atoms with Crippen LogP contribution in [0.25, 0.3) is 0 Å². The zero-order valence-corrected chi connectivity index (χ0v) is 11.0. The van der Waals surface area contributed by atoms with Gasteiger partial charge in [-0.1, -0.05) is 6.07 Å². The fourth-order valence-electron chi connectivity index (χ4n) is 2.56. The maximum Gasteiger partial charge on any atom is 0.183 e. The molecule has 1 unspecified atom stereocenters. The van der Waals surface area contributed by atoms with Gasteiger partial charge in [0.25, 0.3) is 0 Å². The lowest BCUT2D eigenvalue weighted by Crippen LogP contribution is -2.20. The Balaban J connectivity index is 2.00. The normalized spacial score (nSPS) is 18.4. The summed E-state index contributed by atoms with van der Waals surface area (Å²) in [4.78, 5) is 22.0. The predicted molar refractivity (Wildman–Crippen MR) is 71.1 cm³/mol. The first-order chi connectivity index (χ1) is 8.77. The maximum absolute atomic E-state index is 12.6. The summed E-state index contributed by atoms with van der Waals surface area (Å²) in [6.45, 7) is 1.89. The second kappa shape index (κ2) is 4.61. The molecule has 4 heteroatoms. The molecule has 2 aromatic heterocycles. The lowest BCUT2D eigenvalue weighted by molar-refractivity contribution is 0.0952. The molecule has 0 aliphatic heterocycles. The van der Waals surface area contributed by atoms with E-state index in [1.807, 2.05) is 13.0 Å². The standard InChI is InChI=1S/C14H14N2OS/c1-9-14(18-8-16-9)13(17)11-6-2-4-10-5-3-7-15-12(10)11/h3,5,7-8,11H,2,4,6H2,1H3. The van der Waals surface area contributed by atoms with E-state index < -0.39 is 0 Å². The quantitative estimate of drug-likeness (QED) is 0.777. The maximum atomic E-state index is 12.6. The average Bonchev–Trinajstić information content (AvgIpc) is 2.83. The van der Waals surface area contributed by atoms with Crippen molar-refractivity contribution in [3.05, 3.63) is 45.7 Å². The van der Waals surface area contributed by atoms with E-state index in [9.17, 15) is 4.79 Å². The highest BCUT2D eigenvalue weighted by Crippen LogP contribution is 2.33. The monoisotopic (exact) mass is 258 g/mol. The molecule has 0 saturated carbocycles. The summed E-state index contributed by atoms with van der Waals surface area (Å²) in [7, 11) is 0. The molecule has 1 aliphatic carbocycles. The number of Topliss-reactive ketones (excluding diaryl/α,β-unsaturated/α-hetero) is 1. The first kappa shape index (κ1) is 11.5. The van der Waals surface area contributed by atoms with E-state index in [2.05, 4.69) is 16.0 Å². The third-order valence-corrected chi connectivity index (χ3v) is 4.42. The number of carbonyl (C=O) groups excluding carboxylic acids is 1. The van der Waals surface area contributed by atoms with Crippen molar-refractivity contribution in [2.45, 2.75) is 32.1 Å². The van der Waals surface area contributed by atoms with Crippen LogP contribution in [-0.2, 0) is 6.42 Å². The van der Waals surface area contributed by atoms with Gasteiger partial charge in [-0.2, -0.15) is 0 Å². The van der Waals surface area contributed by atoms with E-state index in [4.69, 9.17) is 0 Å². The van der Waals surface area contributed by atoms with Gasteiger partial charge in [0.1, 0.15) is 0 Å². The van der Waals surface area contributed by atoms with Crippen molar-refractivity contribution >= 4 is 17.1 Å². The van der Waals surface area contributed by atoms with Crippen molar-refractivity contribution in [3.8, 4) is 0 Å². The Labute approximate surface area is 110 Å². The number of aromatic nitrogens is 2. The van der Waals surface area contributed by atoms with Gasteiger partial charge in [-0.25, -0.2) is 4.98 Å². The van der Waals surface area contributed by atoms with Crippen LogP contribution >= 0.6 is 11.3 Å². The second-order valence-electron chi connectivity index (χ2n) is 4.62.